The predicted molar refractivity (Wildman–Crippen MR) is 85.8 cm³/mol. The lowest BCUT2D eigenvalue weighted by Gasteiger charge is -2.15. The molecule has 0 bridgehead atoms. The van der Waals surface area contributed by atoms with Crippen molar-refractivity contribution in [3.8, 4) is 5.75 Å². The molecule has 0 spiro atoms. The van der Waals surface area contributed by atoms with Crippen molar-refractivity contribution >= 4 is 17.3 Å². The van der Waals surface area contributed by atoms with E-state index >= 15 is 0 Å². The van der Waals surface area contributed by atoms with Crippen LogP contribution < -0.4 is 15.8 Å². The van der Waals surface area contributed by atoms with Crippen LogP contribution in [0.25, 0.3) is 0 Å². The fourth-order valence-electron chi connectivity index (χ4n) is 1.90. The Morgan fingerprint density at radius 2 is 1.90 bits per heavy atom. The van der Waals surface area contributed by atoms with Crippen molar-refractivity contribution in [3.63, 3.8) is 0 Å². The largest absolute Gasteiger partial charge is 0.489 e. The van der Waals surface area contributed by atoms with Crippen molar-refractivity contribution in [1.82, 2.24) is 0 Å². The summed E-state index contributed by atoms with van der Waals surface area (Å²) in [6.07, 6.45) is 0.0399. The number of rotatable bonds is 4. The van der Waals surface area contributed by atoms with Crippen LogP contribution in [-0.4, -0.2) is 12.0 Å². The first-order valence-electron chi connectivity index (χ1n) is 6.90. The number of carbonyl (C=O) groups excluding carboxylic acids is 1. The first-order valence-corrected chi connectivity index (χ1v) is 6.90. The van der Waals surface area contributed by atoms with E-state index in [1.807, 2.05) is 51.1 Å². The van der Waals surface area contributed by atoms with Gasteiger partial charge in [-0.15, -0.1) is 0 Å². The van der Waals surface area contributed by atoms with Gasteiger partial charge in [-0.05, 0) is 50.6 Å². The van der Waals surface area contributed by atoms with Gasteiger partial charge < -0.3 is 15.8 Å². The van der Waals surface area contributed by atoms with Crippen molar-refractivity contribution in [2.24, 2.45) is 0 Å². The molecule has 4 heteroatoms. The number of benzene rings is 2. The molecule has 2 rings (SSSR count). The maximum atomic E-state index is 12.3. The molecule has 2 aromatic rings. The summed E-state index contributed by atoms with van der Waals surface area (Å²) in [4.78, 5) is 12.3. The minimum atomic E-state index is -0.207. The molecule has 0 aliphatic heterocycles. The Morgan fingerprint density at radius 3 is 2.57 bits per heavy atom. The second-order valence-corrected chi connectivity index (χ2v) is 5.19. The van der Waals surface area contributed by atoms with Crippen molar-refractivity contribution in [2.45, 2.75) is 26.9 Å². The molecule has 3 N–H and O–H groups in total. The summed E-state index contributed by atoms with van der Waals surface area (Å²) in [5.41, 5.74) is 8.58. The van der Waals surface area contributed by atoms with Gasteiger partial charge in [-0.25, -0.2) is 0 Å². The highest BCUT2D eigenvalue weighted by molar-refractivity contribution is 6.05. The number of nitrogen functional groups attached to an aromatic ring is 1. The number of hydrogen-bond donors (Lipinski definition) is 2. The molecular weight excluding hydrogens is 264 g/mol. The number of nitrogens with two attached hydrogens (primary N) is 1. The van der Waals surface area contributed by atoms with Crippen LogP contribution in [0.5, 0.6) is 5.75 Å². The van der Waals surface area contributed by atoms with Crippen LogP contribution in [0.4, 0.5) is 11.4 Å². The highest BCUT2D eigenvalue weighted by Gasteiger charge is 2.11. The van der Waals surface area contributed by atoms with Gasteiger partial charge in [0.15, 0.2) is 0 Å². The second-order valence-electron chi connectivity index (χ2n) is 5.19. The molecule has 0 saturated heterocycles. The lowest BCUT2D eigenvalue weighted by atomic mass is 10.1. The zero-order chi connectivity index (χ0) is 15.4. The zero-order valence-electron chi connectivity index (χ0n) is 12.5. The first kappa shape index (κ1) is 14.9. The number of carbonyl (C=O) groups is 1. The number of ether oxygens (including phenoxy) is 1. The molecule has 0 radical (unpaired) electrons. The fourth-order valence-corrected chi connectivity index (χ4v) is 1.90. The first-order chi connectivity index (χ1) is 9.97. The van der Waals surface area contributed by atoms with E-state index in [4.69, 9.17) is 10.5 Å². The third kappa shape index (κ3) is 3.75. The van der Waals surface area contributed by atoms with Gasteiger partial charge in [0.1, 0.15) is 5.75 Å². The SMILES string of the molecule is Cc1ccc(C(=O)Nc2ccccc2OC(C)C)cc1N. The smallest absolute Gasteiger partial charge is 0.255 e. The number of para-hydroxylation sites is 2. The van der Waals surface area contributed by atoms with Crippen molar-refractivity contribution in [2.75, 3.05) is 11.1 Å². The molecular formula is C17H20N2O2. The third-order valence-electron chi connectivity index (χ3n) is 3.04. The molecule has 0 aromatic heterocycles. The van der Waals surface area contributed by atoms with E-state index in [1.165, 1.54) is 0 Å². The van der Waals surface area contributed by atoms with Gasteiger partial charge in [0.25, 0.3) is 5.91 Å². The van der Waals surface area contributed by atoms with Crippen LogP contribution in [-0.2, 0) is 0 Å². The molecule has 0 atom stereocenters. The molecule has 4 nitrogen and oxygen atoms in total. The van der Waals surface area contributed by atoms with Crippen LogP contribution >= 0.6 is 0 Å². The average molecular weight is 284 g/mol. The number of hydrogen-bond acceptors (Lipinski definition) is 3. The minimum Gasteiger partial charge on any atom is -0.489 e. The van der Waals surface area contributed by atoms with Crippen LogP contribution in [0.2, 0.25) is 0 Å². The van der Waals surface area contributed by atoms with E-state index in [0.29, 0.717) is 22.7 Å². The van der Waals surface area contributed by atoms with E-state index in [1.54, 1.807) is 12.1 Å². The highest BCUT2D eigenvalue weighted by atomic mass is 16.5. The zero-order valence-corrected chi connectivity index (χ0v) is 12.5. The Kier molecular flexibility index (Phi) is 4.48. The number of amides is 1. The van der Waals surface area contributed by atoms with E-state index in [0.717, 1.165) is 5.56 Å². The van der Waals surface area contributed by atoms with E-state index < -0.39 is 0 Å². The Labute approximate surface area is 124 Å². The Hall–Kier alpha value is -2.49. The summed E-state index contributed by atoms with van der Waals surface area (Å²) in [7, 11) is 0. The van der Waals surface area contributed by atoms with Crippen LogP contribution in [0.3, 0.4) is 0 Å². The molecule has 110 valence electrons. The van der Waals surface area contributed by atoms with Gasteiger partial charge in [-0.2, -0.15) is 0 Å². The van der Waals surface area contributed by atoms with Gasteiger partial charge in [-0.1, -0.05) is 18.2 Å². The second kappa shape index (κ2) is 6.31. The summed E-state index contributed by atoms with van der Waals surface area (Å²) < 4.78 is 5.69. The summed E-state index contributed by atoms with van der Waals surface area (Å²) in [6.45, 7) is 5.79. The van der Waals surface area contributed by atoms with Gasteiger partial charge in [0, 0.05) is 11.3 Å². The Morgan fingerprint density at radius 1 is 1.19 bits per heavy atom. The lowest BCUT2D eigenvalue weighted by molar-refractivity contribution is 0.102. The Bertz CT molecular complexity index is 651. The summed E-state index contributed by atoms with van der Waals surface area (Å²) >= 11 is 0. The minimum absolute atomic E-state index is 0.0399. The Balaban J connectivity index is 2.21. The van der Waals surface area contributed by atoms with Gasteiger partial charge in [0.2, 0.25) is 0 Å². The average Bonchev–Trinajstić information content (AvgIpc) is 2.43. The standard InChI is InChI=1S/C17H20N2O2/c1-11(2)21-16-7-5-4-6-15(16)19-17(20)13-9-8-12(3)14(18)10-13/h4-11H,18H2,1-3H3,(H,19,20). The maximum absolute atomic E-state index is 12.3. The fraction of sp³-hybridized carbons (Fsp3) is 0.235. The monoisotopic (exact) mass is 284 g/mol. The lowest BCUT2D eigenvalue weighted by Crippen LogP contribution is -2.14. The van der Waals surface area contributed by atoms with E-state index in [2.05, 4.69) is 5.32 Å². The van der Waals surface area contributed by atoms with Crippen molar-refractivity contribution < 1.29 is 9.53 Å². The van der Waals surface area contributed by atoms with Crippen LogP contribution in [0.15, 0.2) is 42.5 Å². The highest BCUT2D eigenvalue weighted by Crippen LogP contribution is 2.25. The molecule has 0 saturated carbocycles. The number of aryl methyl sites for hydroxylation is 1. The third-order valence-corrected chi connectivity index (χ3v) is 3.04. The summed E-state index contributed by atoms with van der Waals surface area (Å²) in [5.74, 6) is 0.447. The molecule has 0 aliphatic rings. The summed E-state index contributed by atoms with van der Waals surface area (Å²) in [5, 5.41) is 2.86. The van der Waals surface area contributed by atoms with Gasteiger partial charge in [-0.3, -0.25) is 4.79 Å². The molecule has 0 heterocycles. The number of anilines is 2. The van der Waals surface area contributed by atoms with Crippen molar-refractivity contribution in [3.05, 3.63) is 53.6 Å². The summed E-state index contributed by atoms with van der Waals surface area (Å²) in [6, 6.07) is 12.6. The van der Waals surface area contributed by atoms with Crippen molar-refractivity contribution in [1.29, 1.82) is 0 Å². The molecule has 0 aliphatic carbocycles. The van der Waals surface area contributed by atoms with E-state index in [-0.39, 0.29) is 12.0 Å². The normalized spacial score (nSPS) is 10.5. The maximum Gasteiger partial charge on any atom is 0.255 e. The molecule has 0 fully saturated rings. The predicted octanol–water partition coefficient (Wildman–Crippen LogP) is 3.62. The molecule has 21 heavy (non-hydrogen) atoms. The van der Waals surface area contributed by atoms with E-state index in [9.17, 15) is 4.79 Å². The topological polar surface area (TPSA) is 64.3 Å². The molecule has 1 amide bonds. The van der Waals surface area contributed by atoms with Gasteiger partial charge in [0.05, 0.1) is 11.8 Å². The van der Waals surface area contributed by atoms with Crippen LogP contribution in [0.1, 0.15) is 29.8 Å². The van der Waals surface area contributed by atoms with Crippen LogP contribution in [0, 0.1) is 6.92 Å². The quantitative estimate of drug-likeness (QED) is 0.843. The van der Waals surface area contributed by atoms with Gasteiger partial charge >= 0.3 is 0 Å². The number of nitrogens with one attached hydrogen (secondary N) is 1. The molecule has 0 unspecified atom stereocenters. The molecule has 2 aromatic carbocycles.